The topological polar surface area (TPSA) is 70.9 Å². The van der Waals surface area contributed by atoms with Gasteiger partial charge in [-0.2, -0.15) is 0 Å². The third-order valence-electron chi connectivity index (χ3n) is 3.14. The van der Waals surface area contributed by atoms with Crippen molar-refractivity contribution in [1.29, 1.82) is 0 Å². The first-order valence-corrected chi connectivity index (χ1v) is 6.19. The number of H-pyrrole nitrogens is 1. The van der Waals surface area contributed by atoms with Crippen molar-refractivity contribution in [2.24, 2.45) is 11.7 Å². The molecule has 0 spiro atoms. The smallest absolute Gasteiger partial charge is 0.257 e. The largest absolute Gasteiger partial charge is 0.370 e. The summed E-state index contributed by atoms with van der Waals surface area (Å²) in [5.74, 6) is 1.12. The van der Waals surface area contributed by atoms with Gasteiger partial charge in [-0.1, -0.05) is 32.0 Å². The van der Waals surface area contributed by atoms with Crippen LogP contribution >= 0.6 is 0 Å². The van der Waals surface area contributed by atoms with Crippen LogP contribution in [0.3, 0.4) is 0 Å². The number of aromatic amines is 1. The number of hydrogen-bond donors (Lipinski definition) is 3. The van der Waals surface area contributed by atoms with Gasteiger partial charge in [-0.3, -0.25) is 4.79 Å². The lowest BCUT2D eigenvalue weighted by Crippen LogP contribution is -2.34. The van der Waals surface area contributed by atoms with Crippen LogP contribution in [0.15, 0.2) is 35.1 Å². The van der Waals surface area contributed by atoms with Crippen LogP contribution in [0, 0.1) is 5.92 Å². The molecule has 0 saturated heterocycles. The molecule has 1 atom stereocenters. The summed E-state index contributed by atoms with van der Waals surface area (Å²) in [6.45, 7) is 4.80. The van der Waals surface area contributed by atoms with E-state index in [4.69, 9.17) is 5.73 Å². The Morgan fingerprint density at radius 2 is 2.06 bits per heavy atom. The maximum absolute atomic E-state index is 11.9. The molecule has 0 saturated carbocycles. The SMILES string of the molecule is CC(C)C(N)CNc1cc2ccccc2c(=O)[nH]1. The fourth-order valence-corrected chi connectivity index (χ4v) is 1.77. The first kappa shape index (κ1) is 12.6. The first-order chi connectivity index (χ1) is 8.58. The average Bonchev–Trinajstić information content (AvgIpc) is 2.36. The molecule has 0 bridgehead atoms. The van der Waals surface area contributed by atoms with E-state index in [1.165, 1.54) is 0 Å². The van der Waals surface area contributed by atoms with Gasteiger partial charge in [0.2, 0.25) is 0 Å². The van der Waals surface area contributed by atoms with Crippen LogP contribution in [-0.4, -0.2) is 17.6 Å². The Kier molecular flexibility index (Phi) is 3.67. The van der Waals surface area contributed by atoms with Gasteiger partial charge < -0.3 is 16.0 Å². The van der Waals surface area contributed by atoms with Crippen molar-refractivity contribution < 1.29 is 0 Å². The maximum atomic E-state index is 11.9. The highest BCUT2D eigenvalue weighted by molar-refractivity contribution is 5.83. The molecule has 96 valence electrons. The van der Waals surface area contributed by atoms with E-state index in [9.17, 15) is 4.79 Å². The second kappa shape index (κ2) is 5.23. The summed E-state index contributed by atoms with van der Waals surface area (Å²) in [6.07, 6.45) is 0. The number of rotatable bonds is 4. The van der Waals surface area contributed by atoms with Crippen molar-refractivity contribution in [3.63, 3.8) is 0 Å². The van der Waals surface area contributed by atoms with Crippen molar-refractivity contribution in [3.8, 4) is 0 Å². The third-order valence-corrected chi connectivity index (χ3v) is 3.14. The Balaban J connectivity index is 2.22. The molecule has 4 nitrogen and oxygen atoms in total. The van der Waals surface area contributed by atoms with Gasteiger partial charge in [0, 0.05) is 18.0 Å². The molecule has 1 aromatic carbocycles. The van der Waals surface area contributed by atoms with E-state index in [0.29, 0.717) is 17.8 Å². The number of hydrogen-bond acceptors (Lipinski definition) is 3. The lowest BCUT2D eigenvalue weighted by atomic mass is 10.1. The lowest BCUT2D eigenvalue weighted by molar-refractivity contribution is 0.511. The van der Waals surface area contributed by atoms with Gasteiger partial charge in [0.1, 0.15) is 5.82 Å². The maximum Gasteiger partial charge on any atom is 0.257 e. The van der Waals surface area contributed by atoms with Crippen molar-refractivity contribution in [1.82, 2.24) is 4.98 Å². The monoisotopic (exact) mass is 245 g/mol. The molecule has 0 amide bonds. The minimum Gasteiger partial charge on any atom is -0.370 e. The van der Waals surface area contributed by atoms with E-state index in [1.54, 1.807) is 0 Å². The molecule has 0 radical (unpaired) electrons. The minimum absolute atomic E-state index is 0.0694. The van der Waals surface area contributed by atoms with Crippen molar-refractivity contribution in [2.75, 3.05) is 11.9 Å². The Bertz CT molecular complexity index is 589. The van der Waals surface area contributed by atoms with Gasteiger partial charge in [0.05, 0.1) is 0 Å². The van der Waals surface area contributed by atoms with Crippen molar-refractivity contribution in [3.05, 3.63) is 40.7 Å². The molecule has 2 aromatic rings. The van der Waals surface area contributed by atoms with Crippen LogP contribution in [0.5, 0.6) is 0 Å². The first-order valence-electron chi connectivity index (χ1n) is 6.19. The average molecular weight is 245 g/mol. The quantitative estimate of drug-likeness (QED) is 0.770. The van der Waals surface area contributed by atoms with E-state index >= 15 is 0 Å². The van der Waals surface area contributed by atoms with Crippen LogP contribution < -0.4 is 16.6 Å². The van der Waals surface area contributed by atoms with E-state index in [0.717, 1.165) is 11.2 Å². The van der Waals surface area contributed by atoms with Gasteiger partial charge >= 0.3 is 0 Å². The van der Waals surface area contributed by atoms with E-state index in [1.807, 2.05) is 30.3 Å². The van der Waals surface area contributed by atoms with Crippen molar-refractivity contribution in [2.45, 2.75) is 19.9 Å². The Morgan fingerprint density at radius 1 is 1.33 bits per heavy atom. The zero-order valence-corrected chi connectivity index (χ0v) is 10.7. The summed E-state index contributed by atoms with van der Waals surface area (Å²) in [4.78, 5) is 14.7. The second-order valence-corrected chi connectivity index (χ2v) is 4.89. The molecule has 0 aliphatic rings. The van der Waals surface area contributed by atoms with E-state index in [-0.39, 0.29) is 11.6 Å². The summed E-state index contributed by atoms with van der Waals surface area (Å²) in [6, 6.07) is 9.53. The fourth-order valence-electron chi connectivity index (χ4n) is 1.77. The van der Waals surface area contributed by atoms with Gasteiger partial charge in [0.25, 0.3) is 5.56 Å². The summed E-state index contributed by atoms with van der Waals surface area (Å²) < 4.78 is 0. The van der Waals surface area contributed by atoms with Crippen LogP contribution in [-0.2, 0) is 0 Å². The van der Waals surface area contributed by atoms with Gasteiger partial charge in [-0.05, 0) is 23.4 Å². The Labute approximate surface area is 106 Å². The number of fused-ring (bicyclic) bond motifs is 1. The summed E-state index contributed by atoms with van der Waals surface area (Å²) in [7, 11) is 0. The highest BCUT2D eigenvalue weighted by Crippen LogP contribution is 2.12. The fraction of sp³-hybridized carbons (Fsp3) is 0.357. The third kappa shape index (κ3) is 2.71. The summed E-state index contributed by atoms with van der Waals surface area (Å²) in [5.41, 5.74) is 5.89. The molecule has 0 fully saturated rings. The van der Waals surface area contributed by atoms with Crippen LogP contribution in [0.1, 0.15) is 13.8 Å². The van der Waals surface area contributed by atoms with E-state index in [2.05, 4.69) is 24.1 Å². The zero-order chi connectivity index (χ0) is 13.1. The molecular weight excluding hydrogens is 226 g/mol. The van der Waals surface area contributed by atoms with Gasteiger partial charge in [-0.15, -0.1) is 0 Å². The summed E-state index contributed by atoms with van der Waals surface area (Å²) >= 11 is 0. The normalized spacial score (nSPS) is 12.9. The molecule has 0 aliphatic carbocycles. The zero-order valence-electron chi connectivity index (χ0n) is 10.7. The molecule has 4 N–H and O–H groups in total. The minimum atomic E-state index is -0.0753. The predicted molar refractivity (Wildman–Crippen MR) is 75.9 cm³/mol. The Morgan fingerprint density at radius 3 is 2.78 bits per heavy atom. The van der Waals surface area contributed by atoms with Gasteiger partial charge in [-0.25, -0.2) is 0 Å². The van der Waals surface area contributed by atoms with Gasteiger partial charge in [0.15, 0.2) is 0 Å². The number of nitrogens with one attached hydrogen (secondary N) is 2. The molecule has 18 heavy (non-hydrogen) atoms. The number of benzene rings is 1. The molecular formula is C14H19N3O. The standard InChI is InChI=1S/C14H19N3O/c1-9(2)12(15)8-16-13-7-10-5-3-4-6-11(10)14(18)17-13/h3-7,9,12H,8,15H2,1-2H3,(H2,16,17,18). The molecule has 1 heterocycles. The number of pyridine rings is 1. The second-order valence-electron chi connectivity index (χ2n) is 4.89. The predicted octanol–water partition coefficient (Wildman–Crippen LogP) is 1.92. The Hall–Kier alpha value is -1.81. The van der Waals surface area contributed by atoms with E-state index < -0.39 is 0 Å². The number of anilines is 1. The number of nitrogens with two attached hydrogens (primary N) is 1. The molecule has 1 aromatic heterocycles. The highest BCUT2D eigenvalue weighted by Gasteiger charge is 2.07. The molecule has 0 aliphatic heterocycles. The molecule has 2 rings (SSSR count). The lowest BCUT2D eigenvalue weighted by Gasteiger charge is -2.16. The van der Waals surface area contributed by atoms with Crippen LogP contribution in [0.2, 0.25) is 0 Å². The van der Waals surface area contributed by atoms with Crippen LogP contribution in [0.4, 0.5) is 5.82 Å². The van der Waals surface area contributed by atoms with Crippen molar-refractivity contribution >= 4 is 16.6 Å². The number of aromatic nitrogens is 1. The molecule has 1 unspecified atom stereocenters. The van der Waals surface area contributed by atoms with Crippen LogP contribution in [0.25, 0.3) is 10.8 Å². The molecule has 4 heteroatoms. The summed E-state index contributed by atoms with van der Waals surface area (Å²) in [5, 5.41) is 4.82. The highest BCUT2D eigenvalue weighted by atomic mass is 16.1.